The van der Waals surface area contributed by atoms with Crippen molar-refractivity contribution >= 4 is 11.9 Å². The lowest BCUT2D eigenvalue weighted by Gasteiger charge is -2.15. The summed E-state index contributed by atoms with van der Waals surface area (Å²) < 4.78 is 5.62. The molecule has 1 aromatic carbocycles. The highest BCUT2D eigenvalue weighted by Crippen LogP contribution is 2.14. The molecule has 1 heterocycles. The van der Waals surface area contributed by atoms with Gasteiger partial charge >= 0.3 is 5.97 Å². The summed E-state index contributed by atoms with van der Waals surface area (Å²) in [4.78, 5) is 24.2. The number of carbonyl (C=O) groups is 2. The lowest BCUT2D eigenvalue weighted by atomic mass is 10.2. The Morgan fingerprint density at radius 3 is 2.45 bits per heavy atom. The summed E-state index contributed by atoms with van der Waals surface area (Å²) in [6, 6.07) is 6.67. The van der Waals surface area contributed by atoms with Crippen LogP contribution in [-0.2, 0) is 4.79 Å². The first-order chi connectivity index (χ1) is 9.65. The lowest BCUT2D eigenvalue weighted by Crippen LogP contribution is -2.29. The Morgan fingerprint density at radius 1 is 1.20 bits per heavy atom. The molecule has 20 heavy (non-hydrogen) atoms. The standard InChI is InChI=1S/C14H18N2O4/c17-13(18)9-15-14(19)11-3-5-12(6-4-11)20-10-16-7-1-2-8-16/h3-6H,1-2,7-10H2,(H,15,19)(H,17,18). The molecule has 0 aromatic heterocycles. The van der Waals surface area contributed by atoms with Gasteiger partial charge in [0.1, 0.15) is 19.0 Å². The van der Waals surface area contributed by atoms with Crippen LogP contribution in [0.1, 0.15) is 23.2 Å². The van der Waals surface area contributed by atoms with Crippen LogP contribution in [0.3, 0.4) is 0 Å². The SMILES string of the molecule is O=C(O)CNC(=O)c1ccc(OCN2CCCC2)cc1. The number of rotatable bonds is 6. The highest BCUT2D eigenvalue weighted by Gasteiger charge is 2.12. The van der Waals surface area contributed by atoms with Gasteiger partial charge in [0.2, 0.25) is 0 Å². The van der Waals surface area contributed by atoms with E-state index in [-0.39, 0.29) is 6.54 Å². The van der Waals surface area contributed by atoms with Crippen molar-refractivity contribution in [3.05, 3.63) is 29.8 Å². The molecular weight excluding hydrogens is 260 g/mol. The van der Waals surface area contributed by atoms with Crippen LogP contribution in [0.4, 0.5) is 0 Å². The van der Waals surface area contributed by atoms with Gasteiger partial charge in [0.15, 0.2) is 0 Å². The molecule has 1 fully saturated rings. The maximum absolute atomic E-state index is 11.6. The number of carbonyl (C=O) groups excluding carboxylic acids is 1. The molecule has 6 nitrogen and oxygen atoms in total. The van der Waals surface area contributed by atoms with E-state index < -0.39 is 11.9 Å². The number of hydrogen-bond acceptors (Lipinski definition) is 4. The zero-order chi connectivity index (χ0) is 14.4. The molecule has 1 aliphatic rings. The summed E-state index contributed by atoms with van der Waals surface area (Å²) in [7, 11) is 0. The maximum Gasteiger partial charge on any atom is 0.322 e. The molecule has 2 rings (SSSR count). The minimum Gasteiger partial charge on any atom is -0.480 e. The van der Waals surface area contributed by atoms with Crippen LogP contribution in [0.5, 0.6) is 5.75 Å². The summed E-state index contributed by atoms with van der Waals surface area (Å²) in [6.45, 7) is 2.31. The maximum atomic E-state index is 11.6. The molecule has 0 aliphatic carbocycles. The molecule has 0 bridgehead atoms. The van der Waals surface area contributed by atoms with E-state index in [0.717, 1.165) is 13.1 Å². The van der Waals surface area contributed by atoms with Crippen LogP contribution in [0.15, 0.2) is 24.3 Å². The first kappa shape index (κ1) is 14.3. The zero-order valence-corrected chi connectivity index (χ0v) is 11.2. The summed E-state index contributed by atoms with van der Waals surface area (Å²) >= 11 is 0. The van der Waals surface area contributed by atoms with Crippen LogP contribution in [0, 0.1) is 0 Å². The Morgan fingerprint density at radius 2 is 1.85 bits per heavy atom. The minimum atomic E-state index is -1.07. The quantitative estimate of drug-likeness (QED) is 0.809. The highest BCUT2D eigenvalue weighted by atomic mass is 16.5. The van der Waals surface area contributed by atoms with Crippen molar-refractivity contribution in [2.24, 2.45) is 0 Å². The Hall–Kier alpha value is -2.08. The van der Waals surface area contributed by atoms with Gasteiger partial charge in [0.25, 0.3) is 5.91 Å². The van der Waals surface area contributed by atoms with Gasteiger partial charge in [-0.25, -0.2) is 0 Å². The fourth-order valence-electron chi connectivity index (χ4n) is 2.04. The Balaban J connectivity index is 1.82. The monoisotopic (exact) mass is 278 g/mol. The van der Waals surface area contributed by atoms with Gasteiger partial charge in [-0.1, -0.05) is 0 Å². The van der Waals surface area contributed by atoms with Crippen LogP contribution < -0.4 is 10.1 Å². The van der Waals surface area contributed by atoms with Gasteiger partial charge in [-0.2, -0.15) is 0 Å². The molecule has 1 aromatic rings. The molecule has 0 unspecified atom stereocenters. The Kier molecular flexibility index (Phi) is 4.95. The number of nitrogens with one attached hydrogen (secondary N) is 1. The summed E-state index contributed by atoms with van der Waals surface area (Å²) in [5.74, 6) is -0.769. The van der Waals surface area contributed by atoms with Gasteiger partial charge in [0.05, 0.1) is 0 Å². The Labute approximate surface area is 117 Å². The van der Waals surface area contributed by atoms with Crippen LogP contribution in [0.25, 0.3) is 0 Å². The molecule has 108 valence electrons. The van der Waals surface area contributed by atoms with Crippen molar-refractivity contribution in [3.63, 3.8) is 0 Å². The number of ether oxygens (including phenoxy) is 1. The molecule has 1 amide bonds. The van der Waals surface area contributed by atoms with Gasteiger partial charge in [-0.05, 0) is 37.1 Å². The van der Waals surface area contributed by atoms with Gasteiger partial charge in [-0.3, -0.25) is 14.5 Å². The molecule has 0 spiro atoms. The van der Waals surface area contributed by atoms with E-state index in [9.17, 15) is 9.59 Å². The predicted octanol–water partition coefficient (Wildman–Crippen LogP) is 0.933. The third-order valence-electron chi connectivity index (χ3n) is 3.13. The molecule has 0 saturated carbocycles. The van der Waals surface area contributed by atoms with E-state index in [1.54, 1.807) is 24.3 Å². The van der Waals surface area contributed by atoms with E-state index in [1.165, 1.54) is 12.8 Å². The molecule has 0 atom stereocenters. The van der Waals surface area contributed by atoms with Gasteiger partial charge in [0, 0.05) is 18.7 Å². The summed E-state index contributed by atoms with van der Waals surface area (Å²) in [6.07, 6.45) is 2.43. The fraction of sp³-hybridized carbons (Fsp3) is 0.429. The van der Waals surface area contributed by atoms with Crippen molar-refractivity contribution in [3.8, 4) is 5.75 Å². The number of benzene rings is 1. The molecule has 2 N–H and O–H groups in total. The van der Waals surface area contributed by atoms with E-state index in [1.807, 2.05) is 0 Å². The zero-order valence-electron chi connectivity index (χ0n) is 11.2. The number of carboxylic acid groups (broad SMARTS) is 1. The fourth-order valence-corrected chi connectivity index (χ4v) is 2.04. The number of nitrogens with zero attached hydrogens (tertiary/aromatic N) is 1. The van der Waals surface area contributed by atoms with E-state index >= 15 is 0 Å². The first-order valence-corrected chi connectivity index (χ1v) is 6.60. The largest absolute Gasteiger partial charge is 0.480 e. The molecule has 6 heteroatoms. The average Bonchev–Trinajstić information content (AvgIpc) is 2.96. The smallest absolute Gasteiger partial charge is 0.322 e. The van der Waals surface area contributed by atoms with Crippen molar-refractivity contribution in [1.82, 2.24) is 10.2 Å². The van der Waals surface area contributed by atoms with Gasteiger partial charge in [-0.15, -0.1) is 0 Å². The van der Waals surface area contributed by atoms with Crippen molar-refractivity contribution in [1.29, 1.82) is 0 Å². The number of likely N-dealkylation sites (tertiary alicyclic amines) is 1. The molecule has 1 saturated heterocycles. The second kappa shape index (κ2) is 6.91. The second-order valence-electron chi connectivity index (χ2n) is 4.70. The number of aliphatic carboxylic acids is 1. The Bertz CT molecular complexity index is 467. The predicted molar refractivity (Wildman–Crippen MR) is 72.7 cm³/mol. The van der Waals surface area contributed by atoms with E-state index in [0.29, 0.717) is 18.0 Å². The van der Waals surface area contributed by atoms with Crippen molar-refractivity contribution in [2.75, 3.05) is 26.4 Å². The normalized spacial score (nSPS) is 15.0. The second-order valence-corrected chi connectivity index (χ2v) is 4.70. The minimum absolute atomic E-state index is 0.383. The van der Waals surface area contributed by atoms with Crippen molar-refractivity contribution in [2.45, 2.75) is 12.8 Å². The number of carboxylic acids is 1. The highest BCUT2D eigenvalue weighted by molar-refractivity contribution is 5.95. The lowest BCUT2D eigenvalue weighted by molar-refractivity contribution is -0.135. The van der Waals surface area contributed by atoms with Crippen molar-refractivity contribution < 1.29 is 19.4 Å². The first-order valence-electron chi connectivity index (χ1n) is 6.60. The van der Waals surface area contributed by atoms with Crippen LogP contribution in [-0.4, -0.2) is 48.2 Å². The summed E-state index contributed by atoms with van der Waals surface area (Å²) in [5, 5.41) is 10.8. The average molecular weight is 278 g/mol. The molecule has 1 aliphatic heterocycles. The number of hydrogen-bond donors (Lipinski definition) is 2. The molecule has 0 radical (unpaired) electrons. The van der Waals surface area contributed by atoms with Crippen LogP contribution in [0.2, 0.25) is 0 Å². The van der Waals surface area contributed by atoms with Crippen LogP contribution >= 0.6 is 0 Å². The number of amides is 1. The van der Waals surface area contributed by atoms with E-state index in [4.69, 9.17) is 9.84 Å². The molecular formula is C14H18N2O4. The summed E-state index contributed by atoms with van der Waals surface area (Å²) in [5.41, 5.74) is 0.416. The third kappa shape index (κ3) is 4.24. The third-order valence-corrected chi connectivity index (χ3v) is 3.13. The van der Waals surface area contributed by atoms with E-state index in [2.05, 4.69) is 10.2 Å². The topological polar surface area (TPSA) is 78.9 Å². The van der Waals surface area contributed by atoms with Gasteiger partial charge < -0.3 is 15.2 Å².